The molecule has 6 nitrogen and oxygen atoms in total. The number of hydrogen-bond acceptors (Lipinski definition) is 4. The Morgan fingerprint density at radius 3 is 2.47 bits per heavy atom. The second-order valence-electron chi connectivity index (χ2n) is 8.04. The summed E-state index contributed by atoms with van der Waals surface area (Å²) in [5.74, 6) is 0.233. The maximum atomic E-state index is 13.4. The summed E-state index contributed by atoms with van der Waals surface area (Å²) in [6.07, 6.45) is 0. The lowest BCUT2D eigenvalue weighted by molar-refractivity contribution is 0.244. The van der Waals surface area contributed by atoms with Crippen molar-refractivity contribution in [1.82, 2.24) is 15.5 Å². The molecule has 34 heavy (non-hydrogen) atoms. The maximum absolute atomic E-state index is 13.4. The molecule has 0 saturated heterocycles. The third kappa shape index (κ3) is 4.06. The van der Waals surface area contributed by atoms with E-state index in [0.29, 0.717) is 27.7 Å². The van der Waals surface area contributed by atoms with E-state index in [0.717, 1.165) is 16.8 Å². The molecule has 0 radical (unpaired) electrons. The van der Waals surface area contributed by atoms with Gasteiger partial charge in [-0.05, 0) is 73.5 Å². The summed E-state index contributed by atoms with van der Waals surface area (Å²) in [5, 5.41) is 7.76. The van der Waals surface area contributed by atoms with Gasteiger partial charge in [-0.2, -0.15) is 4.98 Å². The molecule has 1 unspecified atom stereocenters. The monoisotopic (exact) mass is 474 g/mol. The molecule has 0 spiro atoms. The topological polar surface area (TPSA) is 71.3 Å². The summed E-state index contributed by atoms with van der Waals surface area (Å²) < 4.78 is 19.0. The van der Waals surface area contributed by atoms with Crippen molar-refractivity contribution in [3.8, 4) is 11.4 Å². The van der Waals surface area contributed by atoms with Gasteiger partial charge in [0.25, 0.3) is 5.89 Å². The fourth-order valence-corrected chi connectivity index (χ4v) is 4.18. The number of allylic oxidation sites excluding steroid dienone is 1. The van der Waals surface area contributed by atoms with E-state index in [1.165, 1.54) is 12.1 Å². The number of benzene rings is 3. The second kappa shape index (κ2) is 8.76. The van der Waals surface area contributed by atoms with Gasteiger partial charge in [-0.1, -0.05) is 41.0 Å². The van der Waals surface area contributed by atoms with Gasteiger partial charge >= 0.3 is 6.03 Å². The van der Waals surface area contributed by atoms with Crippen LogP contribution >= 0.6 is 11.6 Å². The molecule has 0 aliphatic carbocycles. The van der Waals surface area contributed by atoms with Gasteiger partial charge in [0, 0.05) is 16.3 Å². The number of nitrogens with zero attached hydrogens (tertiary/aromatic N) is 3. The first kappa shape index (κ1) is 21.9. The smallest absolute Gasteiger partial charge is 0.326 e. The summed E-state index contributed by atoms with van der Waals surface area (Å²) in [6, 6.07) is 19.9. The number of aryl methyl sites for hydroxylation is 1. The number of carbonyl (C=O) groups excluding carboxylic acids is 1. The van der Waals surface area contributed by atoms with Crippen LogP contribution in [0.4, 0.5) is 14.9 Å². The highest BCUT2D eigenvalue weighted by Crippen LogP contribution is 2.39. The molecule has 2 heterocycles. The molecule has 0 saturated carbocycles. The van der Waals surface area contributed by atoms with E-state index in [1.807, 2.05) is 50.2 Å². The normalized spacial score (nSPS) is 16.1. The third-order valence-corrected chi connectivity index (χ3v) is 5.96. The molecule has 8 heteroatoms. The quantitative estimate of drug-likeness (QED) is 0.364. The number of amides is 2. The van der Waals surface area contributed by atoms with Crippen molar-refractivity contribution in [2.24, 2.45) is 0 Å². The van der Waals surface area contributed by atoms with Crippen LogP contribution in [0.2, 0.25) is 5.02 Å². The predicted octanol–water partition coefficient (Wildman–Crippen LogP) is 6.54. The van der Waals surface area contributed by atoms with Crippen LogP contribution in [0.25, 0.3) is 17.0 Å². The molecule has 1 aliphatic rings. The molecule has 2 amide bonds. The zero-order chi connectivity index (χ0) is 23.8. The first-order valence-electron chi connectivity index (χ1n) is 10.6. The molecule has 3 aromatic carbocycles. The number of hydrogen-bond donors (Lipinski definition) is 1. The van der Waals surface area contributed by atoms with Crippen molar-refractivity contribution in [2.45, 2.75) is 19.9 Å². The summed E-state index contributed by atoms with van der Waals surface area (Å²) in [7, 11) is 0. The highest BCUT2D eigenvalue weighted by molar-refractivity contribution is 6.30. The maximum Gasteiger partial charge on any atom is 0.326 e. The fraction of sp³-hybridized carbons (Fsp3) is 0.115. The average Bonchev–Trinajstić information content (AvgIpc) is 3.29. The molecule has 5 rings (SSSR count). The Labute approximate surface area is 200 Å². The van der Waals surface area contributed by atoms with Gasteiger partial charge in [0.05, 0.1) is 17.3 Å². The van der Waals surface area contributed by atoms with E-state index >= 15 is 0 Å². The lowest BCUT2D eigenvalue weighted by Crippen LogP contribution is -2.46. The average molecular weight is 475 g/mol. The molecular weight excluding hydrogens is 455 g/mol. The zero-order valence-electron chi connectivity index (χ0n) is 18.4. The van der Waals surface area contributed by atoms with Crippen LogP contribution in [0.1, 0.15) is 30.0 Å². The van der Waals surface area contributed by atoms with Gasteiger partial charge in [0.15, 0.2) is 0 Å². The molecule has 0 bridgehead atoms. The minimum atomic E-state index is -0.535. The first-order valence-corrected chi connectivity index (χ1v) is 11.0. The Kier molecular flexibility index (Phi) is 5.63. The summed E-state index contributed by atoms with van der Waals surface area (Å²) in [6.45, 7) is 3.82. The standard InChI is InChI=1S/C26H20ClFN4O2/c1-15-4-3-5-21(14-15)32-16(2)22(23(29-26(32)33)17-6-10-19(27)11-7-17)25-30-24(31-34-25)18-8-12-20(28)13-9-18/h3-14,23H,1-2H3,(H,29,33). The van der Waals surface area contributed by atoms with Gasteiger partial charge in [-0.15, -0.1) is 0 Å². The number of rotatable bonds is 4. The first-order chi connectivity index (χ1) is 16.4. The van der Waals surface area contributed by atoms with Gasteiger partial charge in [-0.3, -0.25) is 4.90 Å². The minimum absolute atomic E-state index is 0.259. The van der Waals surface area contributed by atoms with Gasteiger partial charge in [0.1, 0.15) is 5.82 Å². The number of nitrogens with one attached hydrogen (secondary N) is 1. The van der Waals surface area contributed by atoms with Crippen LogP contribution in [-0.4, -0.2) is 16.2 Å². The van der Waals surface area contributed by atoms with Crippen molar-refractivity contribution in [2.75, 3.05) is 4.90 Å². The summed E-state index contributed by atoms with van der Waals surface area (Å²) in [4.78, 5) is 19.4. The number of anilines is 1. The van der Waals surface area contributed by atoms with Crippen LogP contribution < -0.4 is 10.2 Å². The van der Waals surface area contributed by atoms with Crippen molar-refractivity contribution in [3.63, 3.8) is 0 Å². The van der Waals surface area contributed by atoms with E-state index in [1.54, 1.807) is 29.2 Å². The Balaban J connectivity index is 1.65. The number of halogens is 2. The number of carbonyl (C=O) groups is 1. The highest BCUT2D eigenvalue weighted by Gasteiger charge is 2.36. The summed E-state index contributed by atoms with van der Waals surface area (Å²) >= 11 is 6.09. The van der Waals surface area contributed by atoms with E-state index < -0.39 is 6.04 Å². The Bertz CT molecular complexity index is 1400. The minimum Gasteiger partial charge on any atom is -0.334 e. The van der Waals surface area contributed by atoms with Gasteiger partial charge < -0.3 is 9.84 Å². The van der Waals surface area contributed by atoms with Crippen molar-refractivity contribution in [1.29, 1.82) is 0 Å². The van der Waals surface area contributed by atoms with Crippen LogP contribution in [-0.2, 0) is 0 Å². The molecule has 1 aromatic heterocycles. The summed E-state index contributed by atoms with van der Waals surface area (Å²) in [5.41, 5.74) is 4.50. The second-order valence-corrected chi connectivity index (χ2v) is 8.47. The van der Waals surface area contributed by atoms with Crippen LogP contribution in [0, 0.1) is 12.7 Å². The lowest BCUT2D eigenvalue weighted by Gasteiger charge is -2.35. The lowest BCUT2D eigenvalue weighted by atomic mass is 9.94. The Morgan fingerprint density at radius 1 is 1.03 bits per heavy atom. The van der Waals surface area contributed by atoms with Crippen LogP contribution in [0.3, 0.4) is 0 Å². The predicted molar refractivity (Wildman–Crippen MR) is 129 cm³/mol. The van der Waals surface area contributed by atoms with E-state index in [-0.39, 0.29) is 17.7 Å². The van der Waals surface area contributed by atoms with Gasteiger partial charge in [0.2, 0.25) is 5.82 Å². The molecule has 4 aromatic rings. The van der Waals surface area contributed by atoms with Crippen molar-refractivity contribution >= 4 is 28.9 Å². The molecule has 0 fully saturated rings. The molecule has 1 aliphatic heterocycles. The molecule has 1 atom stereocenters. The molecule has 1 N–H and O–H groups in total. The Morgan fingerprint density at radius 2 is 1.76 bits per heavy atom. The SMILES string of the molecule is CC1=C(c2nc(-c3ccc(F)cc3)no2)C(c2ccc(Cl)cc2)NC(=O)N1c1cccc(C)c1. The molecular formula is C26H20ClFN4O2. The zero-order valence-corrected chi connectivity index (χ0v) is 19.2. The van der Waals surface area contributed by atoms with E-state index in [4.69, 9.17) is 16.1 Å². The van der Waals surface area contributed by atoms with Crippen LogP contribution in [0.5, 0.6) is 0 Å². The number of aromatic nitrogens is 2. The van der Waals surface area contributed by atoms with Gasteiger partial charge in [-0.25, -0.2) is 9.18 Å². The van der Waals surface area contributed by atoms with E-state index in [9.17, 15) is 9.18 Å². The molecule has 170 valence electrons. The third-order valence-electron chi connectivity index (χ3n) is 5.71. The van der Waals surface area contributed by atoms with Crippen molar-refractivity contribution < 1.29 is 13.7 Å². The highest BCUT2D eigenvalue weighted by atomic mass is 35.5. The fourth-order valence-electron chi connectivity index (χ4n) is 4.05. The largest absolute Gasteiger partial charge is 0.334 e. The number of urea groups is 1. The Hall–Kier alpha value is -3.97. The van der Waals surface area contributed by atoms with E-state index in [2.05, 4.69) is 15.5 Å². The van der Waals surface area contributed by atoms with Crippen molar-refractivity contribution in [3.05, 3.63) is 106 Å². The van der Waals surface area contributed by atoms with Crippen LogP contribution in [0.15, 0.2) is 83.0 Å².